The topological polar surface area (TPSA) is 108 Å². The number of hydrogen-bond donors (Lipinski definition) is 0. The Morgan fingerprint density at radius 3 is 2.38 bits per heavy atom. The number of likely N-dealkylation sites (N-methyl/N-ethyl adjacent to an activating group) is 1. The Kier molecular flexibility index (Phi) is 6.99. The van der Waals surface area contributed by atoms with Crippen LogP contribution in [0.25, 0.3) is 0 Å². The highest BCUT2D eigenvalue weighted by molar-refractivity contribution is 8.15. The molecule has 32 heavy (non-hydrogen) atoms. The van der Waals surface area contributed by atoms with Crippen LogP contribution in [0.4, 0.5) is 9.59 Å². The van der Waals surface area contributed by atoms with Crippen LogP contribution >= 0.6 is 23.5 Å². The molecule has 0 bridgehead atoms. The lowest BCUT2D eigenvalue weighted by Gasteiger charge is -2.51. The molecule has 0 spiro atoms. The fourth-order valence-corrected chi connectivity index (χ4v) is 5.94. The molecule has 2 aliphatic rings. The van der Waals surface area contributed by atoms with Gasteiger partial charge in [0.1, 0.15) is 4.75 Å². The highest BCUT2D eigenvalue weighted by atomic mass is 32.2. The standard InChI is InChI=1S/C21H25NO8S2/c1-6-21(32-19(26)28-5)13(9-12-7-8-14-15(10-12)30-11-29-14)16(23)20(2,22(3)17(21)24)31-18(25)27-4/h7-8,10,13H,6,9,11H2,1-5H3/t13?,20-,21?/m0/s1. The molecule has 1 aromatic rings. The van der Waals surface area contributed by atoms with E-state index in [9.17, 15) is 19.2 Å². The van der Waals surface area contributed by atoms with E-state index in [0.717, 1.165) is 5.56 Å². The largest absolute Gasteiger partial charge is 0.461 e. The Bertz CT molecular complexity index is 954. The fourth-order valence-electron chi connectivity index (χ4n) is 3.99. The monoisotopic (exact) mass is 483 g/mol. The van der Waals surface area contributed by atoms with Crippen LogP contribution in [0.3, 0.4) is 0 Å². The molecule has 2 unspecified atom stereocenters. The van der Waals surface area contributed by atoms with Crippen LogP contribution < -0.4 is 9.47 Å². The van der Waals surface area contributed by atoms with Crippen molar-refractivity contribution in [1.82, 2.24) is 4.90 Å². The number of carbonyl (C=O) groups excluding carboxylic acids is 4. The van der Waals surface area contributed by atoms with Gasteiger partial charge < -0.3 is 23.8 Å². The predicted octanol–water partition coefficient (Wildman–Crippen LogP) is 3.48. The van der Waals surface area contributed by atoms with Gasteiger partial charge in [0, 0.05) is 13.0 Å². The summed E-state index contributed by atoms with van der Waals surface area (Å²) in [6.45, 7) is 3.37. The minimum absolute atomic E-state index is 0.107. The van der Waals surface area contributed by atoms with Gasteiger partial charge >= 0.3 is 10.6 Å². The smallest absolute Gasteiger partial charge is 0.369 e. The lowest BCUT2D eigenvalue weighted by atomic mass is 9.74. The normalized spacial score (nSPS) is 26.8. The molecule has 0 saturated carbocycles. The first-order valence-electron chi connectivity index (χ1n) is 9.88. The molecule has 2 heterocycles. The second-order valence-electron chi connectivity index (χ2n) is 7.51. The Balaban J connectivity index is 2.08. The second-order valence-corrected chi connectivity index (χ2v) is 10.1. The van der Waals surface area contributed by atoms with E-state index in [1.54, 1.807) is 25.1 Å². The average molecular weight is 484 g/mol. The maximum Gasteiger partial charge on any atom is 0.369 e. The SMILES string of the molecule is CCC1(SC(=O)OC)C(=O)N(C)[C@@](C)(SC(=O)OC)C(=O)C1Cc1ccc2c(c1)OCO2. The van der Waals surface area contributed by atoms with Crippen molar-refractivity contribution in [3.63, 3.8) is 0 Å². The van der Waals surface area contributed by atoms with Crippen LogP contribution in [0.15, 0.2) is 18.2 Å². The van der Waals surface area contributed by atoms with E-state index in [1.807, 2.05) is 0 Å². The van der Waals surface area contributed by atoms with Crippen LogP contribution in [-0.4, -0.2) is 64.9 Å². The van der Waals surface area contributed by atoms with Crippen LogP contribution in [-0.2, 0) is 25.5 Å². The van der Waals surface area contributed by atoms with Crippen molar-refractivity contribution in [2.45, 2.75) is 36.3 Å². The average Bonchev–Trinajstić information content (AvgIpc) is 3.26. The highest BCUT2D eigenvalue weighted by Gasteiger charge is 2.63. The molecule has 0 aliphatic carbocycles. The van der Waals surface area contributed by atoms with Crippen molar-refractivity contribution in [3.8, 4) is 11.5 Å². The van der Waals surface area contributed by atoms with Gasteiger partial charge in [-0.2, -0.15) is 0 Å². The summed E-state index contributed by atoms with van der Waals surface area (Å²) < 4.78 is 18.9. The highest BCUT2D eigenvalue weighted by Crippen LogP contribution is 2.51. The molecule has 0 N–H and O–H groups in total. The zero-order valence-electron chi connectivity index (χ0n) is 18.5. The molecule has 1 aromatic carbocycles. The molecule has 3 rings (SSSR count). The summed E-state index contributed by atoms with van der Waals surface area (Å²) in [6, 6.07) is 5.28. The third-order valence-corrected chi connectivity index (χ3v) is 8.58. The number of piperidine rings is 1. The minimum Gasteiger partial charge on any atom is -0.461 e. The van der Waals surface area contributed by atoms with Crippen LogP contribution in [0.5, 0.6) is 11.5 Å². The molecule has 3 atom stereocenters. The molecular weight excluding hydrogens is 458 g/mol. The first kappa shape index (κ1) is 24.2. The first-order valence-corrected chi connectivity index (χ1v) is 11.5. The van der Waals surface area contributed by atoms with Gasteiger partial charge in [0.15, 0.2) is 22.2 Å². The van der Waals surface area contributed by atoms with Crippen molar-refractivity contribution < 1.29 is 38.1 Å². The van der Waals surface area contributed by atoms with Gasteiger partial charge in [-0.25, -0.2) is 9.59 Å². The molecule has 1 saturated heterocycles. The number of thioether (sulfide) groups is 2. The number of amides is 1. The van der Waals surface area contributed by atoms with Crippen molar-refractivity contribution in [3.05, 3.63) is 23.8 Å². The van der Waals surface area contributed by atoms with Crippen molar-refractivity contribution in [2.75, 3.05) is 28.1 Å². The first-order chi connectivity index (χ1) is 15.1. The van der Waals surface area contributed by atoms with Crippen molar-refractivity contribution >= 4 is 45.8 Å². The molecule has 1 fully saturated rings. The quantitative estimate of drug-likeness (QED) is 0.578. The molecule has 2 aliphatic heterocycles. The van der Waals surface area contributed by atoms with Crippen LogP contribution in [0.1, 0.15) is 25.8 Å². The zero-order valence-corrected chi connectivity index (χ0v) is 20.1. The number of rotatable bonds is 5. The second kappa shape index (κ2) is 9.22. The molecule has 9 nitrogen and oxygen atoms in total. The number of benzene rings is 1. The van der Waals surface area contributed by atoms with E-state index >= 15 is 0 Å². The molecule has 0 radical (unpaired) electrons. The van der Waals surface area contributed by atoms with Gasteiger partial charge in [-0.3, -0.25) is 9.59 Å². The summed E-state index contributed by atoms with van der Waals surface area (Å²) in [5.74, 6) is -0.562. The number of ether oxygens (including phenoxy) is 4. The van der Waals surface area contributed by atoms with Crippen molar-refractivity contribution in [1.29, 1.82) is 0 Å². The number of carbonyl (C=O) groups is 4. The fraction of sp³-hybridized carbons (Fsp3) is 0.524. The van der Waals surface area contributed by atoms with E-state index in [0.29, 0.717) is 35.0 Å². The molecular formula is C21H25NO8S2. The van der Waals surface area contributed by atoms with Gasteiger partial charge in [0.2, 0.25) is 12.7 Å². The molecule has 0 aromatic heterocycles. The Morgan fingerprint density at radius 2 is 1.75 bits per heavy atom. The maximum absolute atomic E-state index is 13.9. The maximum atomic E-state index is 13.9. The number of Topliss-reactive ketones (excluding diaryl/α,β-unsaturated/α-hetero) is 1. The van der Waals surface area contributed by atoms with E-state index in [2.05, 4.69) is 0 Å². The summed E-state index contributed by atoms with van der Waals surface area (Å²) in [6.07, 6.45) is 0.361. The summed E-state index contributed by atoms with van der Waals surface area (Å²) in [5.41, 5.74) is 0.735. The number of methoxy groups -OCH3 is 2. The molecule has 1 amide bonds. The predicted molar refractivity (Wildman–Crippen MR) is 119 cm³/mol. The van der Waals surface area contributed by atoms with Gasteiger partial charge in [-0.05, 0) is 61.0 Å². The lowest BCUT2D eigenvalue weighted by Crippen LogP contribution is -2.68. The number of nitrogens with zero attached hydrogens (tertiary/aromatic N) is 1. The zero-order chi connectivity index (χ0) is 23.7. The Hall–Kier alpha value is -2.40. The van der Waals surface area contributed by atoms with Gasteiger partial charge in [0.25, 0.3) is 0 Å². The van der Waals surface area contributed by atoms with Crippen molar-refractivity contribution in [2.24, 2.45) is 5.92 Å². The number of likely N-dealkylation sites (tertiary alicyclic amines) is 1. The minimum atomic E-state index is -1.50. The van der Waals surface area contributed by atoms with E-state index in [1.165, 1.54) is 33.1 Å². The van der Waals surface area contributed by atoms with Crippen LogP contribution in [0, 0.1) is 5.92 Å². The summed E-state index contributed by atoms with van der Waals surface area (Å²) >= 11 is 1.34. The number of hydrogen-bond acceptors (Lipinski definition) is 10. The Labute approximate surface area is 194 Å². The number of fused-ring (bicyclic) bond motifs is 1. The lowest BCUT2D eigenvalue weighted by molar-refractivity contribution is -0.152. The third kappa shape index (κ3) is 4.03. The third-order valence-electron chi connectivity index (χ3n) is 5.93. The summed E-state index contributed by atoms with van der Waals surface area (Å²) in [4.78, 5) is 51.7. The molecule has 11 heteroatoms. The van der Waals surface area contributed by atoms with E-state index < -0.39 is 32.0 Å². The van der Waals surface area contributed by atoms with E-state index in [-0.39, 0.29) is 25.4 Å². The van der Waals surface area contributed by atoms with E-state index in [4.69, 9.17) is 18.9 Å². The van der Waals surface area contributed by atoms with Gasteiger partial charge in [0.05, 0.1) is 14.2 Å². The van der Waals surface area contributed by atoms with Gasteiger partial charge in [-0.1, -0.05) is 13.0 Å². The van der Waals surface area contributed by atoms with Gasteiger partial charge in [-0.15, -0.1) is 0 Å². The Morgan fingerprint density at radius 1 is 1.12 bits per heavy atom. The summed E-state index contributed by atoms with van der Waals surface area (Å²) in [5, 5.41) is -1.35. The molecule has 174 valence electrons. The number of ketones is 1. The van der Waals surface area contributed by atoms with Crippen LogP contribution in [0.2, 0.25) is 0 Å². The summed E-state index contributed by atoms with van der Waals surface area (Å²) in [7, 11) is 3.89.